The molecule has 5 aromatic rings. The van der Waals surface area contributed by atoms with E-state index in [0.29, 0.717) is 46.2 Å². The number of thiazole rings is 1. The van der Waals surface area contributed by atoms with E-state index in [1.807, 2.05) is 81.7 Å². The largest absolute Gasteiger partial charge is 0.492 e. The molecular formula is C59H75N5O11S. The third-order valence-electron chi connectivity index (χ3n) is 12.8. The van der Waals surface area contributed by atoms with Crippen LogP contribution in [0.2, 0.25) is 0 Å². The van der Waals surface area contributed by atoms with Gasteiger partial charge in [0.1, 0.15) is 37.7 Å². The summed E-state index contributed by atoms with van der Waals surface area (Å²) >= 11 is 1.57. The molecule has 6 rings (SSSR count). The molecule has 0 saturated carbocycles. The van der Waals surface area contributed by atoms with Gasteiger partial charge in [-0.2, -0.15) is 0 Å². The first-order chi connectivity index (χ1) is 36.7. The van der Waals surface area contributed by atoms with E-state index in [4.69, 9.17) is 28.4 Å². The van der Waals surface area contributed by atoms with Gasteiger partial charge >= 0.3 is 0 Å². The van der Waals surface area contributed by atoms with E-state index in [2.05, 4.69) is 83.2 Å². The van der Waals surface area contributed by atoms with Crippen molar-refractivity contribution in [1.29, 1.82) is 0 Å². The van der Waals surface area contributed by atoms with Crippen molar-refractivity contribution in [3.63, 3.8) is 0 Å². The van der Waals surface area contributed by atoms with Crippen molar-refractivity contribution >= 4 is 46.1 Å². The van der Waals surface area contributed by atoms with Gasteiger partial charge in [0.05, 0.1) is 81.6 Å². The highest BCUT2D eigenvalue weighted by Crippen LogP contribution is 2.35. The zero-order chi connectivity index (χ0) is 54.3. The predicted octanol–water partition coefficient (Wildman–Crippen LogP) is 7.22. The van der Waals surface area contributed by atoms with Gasteiger partial charge in [0.25, 0.3) is 0 Å². The first-order valence-electron chi connectivity index (χ1n) is 26.0. The Morgan fingerprint density at radius 2 is 1.32 bits per heavy atom. The molecule has 76 heavy (non-hydrogen) atoms. The molecule has 17 heteroatoms. The number of amides is 4. The number of aryl methyl sites for hydroxylation is 1. The van der Waals surface area contributed by atoms with Crippen molar-refractivity contribution < 1.29 is 52.7 Å². The molecule has 1 aliphatic heterocycles. The van der Waals surface area contributed by atoms with Crippen LogP contribution in [0.5, 0.6) is 5.75 Å². The third-order valence-corrected chi connectivity index (χ3v) is 13.7. The maximum absolute atomic E-state index is 13.9. The fourth-order valence-electron chi connectivity index (χ4n) is 8.62. The number of allylic oxidation sites excluding steroid dienone is 1. The van der Waals surface area contributed by atoms with Crippen LogP contribution in [-0.4, -0.2) is 155 Å². The number of aromatic nitrogens is 1. The number of aliphatic hydroxyl groups is 1. The van der Waals surface area contributed by atoms with Crippen molar-refractivity contribution in [3.05, 3.63) is 143 Å². The first kappa shape index (κ1) is 58.9. The van der Waals surface area contributed by atoms with Gasteiger partial charge in [0.15, 0.2) is 0 Å². The molecule has 0 unspecified atom stereocenters. The molecule has 0 radical (unpaired) electrons. The maximum Gasteiger partial charge on any atom is 0.248 e. The van der Waals surface area contributed by atoms with Crippen LogP contribution in [-0.2, 0) is 49.4 Å². The number of carbonyl (C=O) groups excluding carboxylic acids is 4. The van der Waals surface area contributed by atoms with Crippen LogP contribution in [0, 0.1) is 12.3 Å². The van der Waals surface area contributed by atoms with Crippen LogP contribution >= 0.6 is 11.3 Å². The fourth-order valence-corrected chi connectivity index (χ4v) is 9.43. The summed E-state index contributed by atoms with van der Waals surface area (Å²) in [6.07, 6.45) is 0.0965. The summed E-state index contributed by atoms with van der Waals surface area (Å²) < 4.78 is 33.7. The van der Waals surface area contributed by atoms with Crippen LogP contribution in [0.4, 0.5) is 0 Å². The number of carbonyl (C=O) groups is 4. The van der Waals surface area contributed by atoms with Crippen molar-refractivity contribution in [2.24, 2.45) is 5.41 Å². The number of nitrogens with one attached hydrogen (secondary N) is 2. The molecular weight excluding hydrogens is 987 g/mol. The van der Waals surface area contributed by atoms with E-state index in [1.165, 1.54) is 21.6 Å². The summed E-state index contributed by atoms with van der Waals surface area (Å²) in [5.74, 6) is -0.747. The van der Waals surface area contributed by atoms with Crippen molar-refractivity contribution in [2.45, 2.75) is 72.2 Å². The second kappa shape index (κ2) is 30.4. The van der Waals surface area contributed by atoms with E-state index in [0.717, 1.165) is 45.0 Å². The maximum atomic E-state index is 13.9. The molecule has 4 amide bonds. The SMILES string of the molecule is CC/C(=C(\c1ccccc1)c1ccc(OCCN(C)C(=O)COCCOCCOCCOCCOCC(=O)N[C@H](C(=O)N2C[C@H](O)C[C@H]2C(=O)NCc2ccc(-c3scnc3C)cc2)C(C)(C)C)cc1)c1ccccc1. The molecule has 0 aliphatic carbocycles. The Kier molecular flexibility index (Phi) is 23.6. The Bertz CT molecular complexity index is 2610. The van der Waals surface area contributed by atoms with E-state index in [1.54, 1.807) is 23.3 Å². The lowest BCUT2D eigenvalue weighted by atomic mass is 9.85. The average Bonchev–Trinajstić information content (AvgIpc) is 4.05. The number of likely N-dealkylation sites (tertiary alicyclic amines) is 1. The van der Waals surface area contributed by atoms with Gasteiger partial charge < -0.3 is 54.0 Å². The lowest BCUT2D eigenvalue weighted by Crippen LogP contribution is -2.58. The van der Waals surface area contributed by atoms with Gasteiger partial charge in [-0.3, -0.25) is 19.2 Å². The van der Waals surface area contributed by atoms with E-state index in [9.17, 15) is 24.3 Å². The molecule has 0 bridgehead atoms. The summed E-state index contributed by atoms with van der Waals surface area (Å²) in [7, 11) is 1.72. The minimum Gasteiger partial charge on any atom is -0.492 e. The Hall–Kier alpha value is -6.31. The Labute approximate surface area is 451 Å². The highest BCUT2D eigenvalue weighted by molar-refractivity contribution is 7.13. The normalized spacial score (nSPS) is 15.2. The van der Waals surface area contributed by atoms with Crippen molar-refractivity contribution in [3.8, 4) is 16.2 Å². The zero-order valence-corrected chi connectivity index (χ0v) is 45.6. The smallest absolute Gasteiger partial charge is 0.248 e. The lowest BCUT2D eigenvalue weighted by molar-refractivity contribution is -0.144. The number of likely N-dealkylation sites (N-methyl/N-ethyl adjacent to an activating group) is 1. The first-order valence-corrected chi connectivity index (χ1v) is 26.9. The van der Waals surface area contributed by atoms with Crippen LogP contribution in [0.3, 0.4) is 0 Å². The summed E-state index contributed by atoms with van der Waals surface area (Å²) in [6.45, 7) is 12.5. The quantitative estimate of drug-likeness (QED) is 0.0310. The molecule has 1 aromatic heterocycles. The summed E-state index contributed by atoms with van der Waals surface area (Å²) in [5, 5.41) is 16.3. The predicted molar refractivity (Wildman–Crippen MR) is 294 cm³/mol. The molecule has 1 saturated heterocycles. The molecule has 1 fully saturated rings. The number of benzene rings is 4. The van der Waals surface area contributed by atoms with Gasteiger partial charge in [-0.05, 0) is 69.9 Å². The molecule has 3 N–H and O–H groups in total. The van der Waals surface area contributed by atoms with E-state index in [-0.39, 0.29) is 64.4 Å². The molecule has 2 heterocycles. The molecule has 4 aromatic carbocycles. The highest BCUT2D eigenvalue weighted by Gasteiger charge is 2.44. The Morgan fingerprint density at radius 1 is 0.750 bits per heavy atom. The van der Waals surface area contributed by atoms with Gasteiger partial charge in [-0.1, -0.05) is 125 Å². The molecule has 3 atom stereocenters. The van der Waals surface area contributed by atoms with Gasteiger partial charge in [-0.25, -0.2) is 4.98 Å². The number of hydrogen-bond acceptors (Lipinski definition) is 13. The Balaban J connectivity index is 0.773. The summed E-state index contributed by atoms with van der Waals surface area (Å²) in [5.41, 5.74) is 9.93. The van der Waals surface area contributed by atoms with Crippen molar-refractivity contribution in [1.82, 2.24) is 25.4 Å². The monoisotopic (exact) mass is 1060 g/mol. The number of aliphatic hydroxyl groups excluding tert-OH is 1. The zero-order valence-electron chi connectivity index (χ0n) is 44.8. The van der Waals surface area contributed by atoms with Gasteiger partial charge in [0, 0.05) is 26.6 Å². The van der Waals surface area contributed by atoms with Crippen LogP contribution in [0.15, 0.2) is 115 Å². The topological polar surface area (TPSA) is 187 Å². The van der Waals surface area contributed by atoms with Gasteiger partial charge in [-0.15, -0.1) is 11.3 Å². The molecule has 408 valence electrons. The minimum absolute atomic E-state index is 0.0219. The highest BCUT2D eigenvalue weighted by atomic mass is 32.1. The molecule has 16 nitrogen and oxygen atoms in total. The van der Waals surface area contributed by atoms with Gasteiger partial charge in [0.2, 0.25) is 23.6 Å². The Morgan fingerprint density at radius 3 is 1.88 bits per heavy atom. The number of β-amino-alcohol motifs (C(OH)–C–C–N with tert-alkyl or cyclic N) is 1. The average molecular weight is 1060 g/mol. The number of nitrogens with zero attached hydrogens (tertiary/aromatic N) is 3. The summed E-state index contributed by atoms with van der Waals surface area (Å²) in [4.78, 5) is 61.3. The second-order valence-corrected chi connectivity index (χ2v) is 20.4. The van der Waals surface area contributed by atoms with E-state index < -0.39 is 35.4 Å². The second-order valence-electron chi connectivity index (χ2n) is 19.5. The summed E-state index contributed by atoms with van der Waals surface area (Å²) in [6, 6.07) is 35.0. The third kappa shape index (κ3) is 18.2. The lowest BCUT2D eigenvalue weighted by Gasteiger charge is -2.35. The van der Waals surface area contributed by atoms with Crippen LogP contribution < -0.4 is 15.4 Å². The minimum atomic E-state index is -0.972. The number of hydrogen-bond donors (Lipinski definition) is 3. The number of rotatable bonds is 30. The molecule has 0 spiro atoms. The number of ether oxygens (including phenoxy) is 6. The van der Waals surface area contributed by atoms with Crippen LogP contribution in [0.25, 0.3) is 21.6 Å². The fraction of sp³-hybridized carbons (Fsp3) is 0.441. The van der Waals surface area contributed by atoms with E-state index >= 15 is 0 Å². The van der Waals surface area contributed by atoms with Crippen molar-refractivity contribution in [2.75, 3.05) is 92.8 Å². The molecule has 1 aliphatic rings. The van der Waals surface area contributed by atoms with Crippen LogP contribution in [0.1, 0.15) is 68.5 Å². The standard InChI is InChI=1S/C59H75N5O11S/c1-7-50(44-14-10-8-11-15-44)54(45-16-12-9-13-17-45)46-22-24-49(25-23-46)75-27-26-63(6)53(67)40-74-35-33-72-31-29-70-28-30-71-32-34-73-39-52(66)62-56(59(3,4)5)58(69)64-38-48(65)36-51(64)57(68)60-37-43-18-20-47(21-19-43)55-42(2)61-41-76-55/h8-25,41,48,51,56,65H,7,26-40H2,1-6H3,(H,60,68)(H,62,66)/b54-50-/t48-,51+,56-/m1/s1.